The zero-order chi connectivity index (χ0) is 13.9. The lowest BCUT2D eigenvalue weighted by atomic mass is 10.2. The number of unbranched alkanes of at least 4 members (excludes halogenated alkanes) is 3. The van der Waals surface area contributed by atoms with Gasteiger partial charge in [0.15, 0.2) is 0 Å². The zero-order valence-electron chi connectivity index (χ0n) is 11.7. The van der Waals surface area contributed by atoms with Gasteiger partial charge in [-0.25, -0.2) is 0 Å². The number of nitrogen functional groups attached to an aromatic ring is 1. The van der Waals surface area contributed by atoms with Crippen molar-refractivity contribution in [1.29, 1.82) is 0 Å². The first-order chi connectivity index (χ1) is 9.22. The minimum absolute atomic E-state index is 0.0420. The molecular formula is C15H24N2O2. The van der Waals surface area contributed by atoms with Gasteiger partial charge in [-0.1, -0.05) is 32.3 Å². The summed E-state index contributed by atoms with van der Waals surface area (Å²) in [6.45, 7) is 3.31. The average molecular weight is 264 g/mol. The van der Waals surface area contributed by atoms with Crippen LogP contribution in [-0.2, 0) is 4.79 Å². The maximum atomic E-state index is 11.5. The lowest BCUT2D eigenvalue weighted by Crippen LogP contribution is -2.25. The van der Waals surface area contributed by atoms with E-state index in [-0.39, 0.29) is 5.91 Å². The van der Waals surface area contributed by atoms with Crippen LogP contribution in [0.1, 0.15) is 39.0 Å². The minimum atomic E-state index is 0.0420. The topological polar surface area (TPSA) is 64.3 Å². The average Bonchev–Trinajstić information content (AvgIpc) is 2.38. The first-order valence-electron chi connectivity index (χ1n) is 6.97. The molecule has 0 aliphatic carbocycles. The third-order valence-electron chi connectivity index (χ3n) is 2.81. The summed E-state index contributed by atoms with van der Waals surface area (Å²) < 4.78 is 5.46. The van der Waals surface area contributed by atoms with E-state index in [1.807, 2.05) is 12.1 Å². The van der Waals surface area contributed by atoms with E-state index in [0.717, 1.165) is 13.0 Å². The Morgan fingerprint density at radius 3 is 2.89 bits per heavy atom. The summed E-state index contributed by atoms with van der Waals surface area (Å²) in [6, 6.07) is 7.22. The number of amides is 1. The van der Waals surface area contributed by atoms with E-state index in [0.29, 0.717) is 24.5 Å². The Kier molecular flexibility index (Phi) is 7.47. The highest BCUT2D eigenvalue weighted by molar-refractivity contribution is 5.75. The molecule has 1 aromatic carbocycles. The van der Waals surface area contributed by atoms with Crippen LogP contribution in [0.4, 0.5) is 5.69 Å². The fraction of sp³-hybridized carbons (Fsp3) is 0.533. The van der Waals surface area contributed by atoms with Crippen molar-refractivity contribution in [3.05, 3.63) is 24.3 Å². The molecule has 0 unspecified atom stereocenters. The first kappa shape index (κ1) is 15.3. The number of ether oxygens (including phenoxy) is 1. The molecule has 0 saturated carbocycles. The van der Waals surface area contributed by atoms with Crippen molar-refractivity contribution in [3.8, 4) is 5.75 Å². The summed E-state index contributed by atoms with van der Waals surface area (Å²) >= 11 is 0. The maximum Gasteiger partial charge on any atom is 0.223 e. The molecule has 19 heavy (non-hydrogen) atoms. The number of carbonyl (C=O) groups excluding carboxylic acids is 1. The SMILES string of the molecule is CCCCCCNC(=O)CCOc1cccc(N)c1. The van der Waals surface area contributed by atoms with Crippen LogP contribution in [0.25, 0.3) is 0 Å². The summed E-state index contributed by atoms with van der Waals surface area (Å²) in [6.07, 6.45) is 5.05. The number of rotatable bonds is 9. The van der Waals surface area contributed by atoms with Crippen LogP contribution in [0.15, 0.2) is 24.3 Å². The van der Waals surface area contributed by atoms with E-state index in [1.54, 1.807) is 12.1 Å². The summed E-state index contributed by atoms with van der Waals surface area (Å²) in [5.74, 6) is 0.746. The Balaban J connectivity index is 2.07. The molecule has 4 heteroatoms. The highest BCUT2D eigenvalue weighted by Gasteiger charge is 2.01. The van der Waals surface area contributed by atoms with Crippen LogP contribution in [0.5, 0.6) is 5.75 Å². The predicted octanol–water partition coefficient (Wildman–Crippen LogP) is 2.73. The van der Waals surface area contributed by atoms with Gasteiger partial charge in [0, 0.05) is 18.3 Å². The molecule has 0 spiro atoms. The fourth-order valence-corrected chi connectivity index (χ4v) is 1.73. The number of hydrogen-bond acceptors (Lipinski definition) is 3. The van der Waals surface area contributed by atoms with Gasteiger partial charge in [0.2, 0.25) is 5.91 Å². The van der Waals surface area contributed by atoms with E-state index >= 15 is 0 Å². The molecule has 1 amide bonds. The molecule has 0 aromatic heterocycles. The largest absolute Gasteiger partial charge is 0.493 e. The standard InChI is InChI=1S/C15H24N2O2/c1-2-3-4-5-10-17-15(18)9-11-19-14-8-6-7-13(16)12-14/h6-8,12H,2-5,9-11,16H2,1H3,(H,17,18). The summed E-state index contributed by atoms with van der Waals surface area (Å²) in [5.41, 5.74) is 6.30. The second-order valence-corrected chi connectivity index (χ2v) is 4.58. The van der Waals surface area contributed by atoms with Crippen LogP contribution >= 0.6 is 0 Å². The van der Waals surface area contributed by atoms with Crippen molar-refractivity contribution in [2.75, 3.05) is 18.9 Å². The molecule has 3 N–H and O–H groups in total. The minimum Gasteiger partial charge on any atom is -0.493 e. The van der Waals surface area contributed by atoms with Crippen LogP contribution in [0.2, 0.25) is 0 Å². The second-order valence-electron chi connectivity index (χ2n) is 4.58. The van der Waals surface area contributed by atoms with E-state index in [1.165, 1.54) is 19.3 Å². The molecule has 1 rings (SSSR count). The molecule has 1 aromatic rings. The lowest BCUT2D eigenvalue weighted by molar-refractivity contribution is -0.121. The van der Waals surface area contributed by atoms with Gasteiger partial charge in [0.1, 0.15) is 5.75 Å². The van der Waals surface area contributed by atoms with Crippen molar-refractivity contribution < 1.29 is 9.53 Å². The Hall–Kier alpha value is -1.71. The lowest BCUT2D eigenvalue weighted by Gasteiger charge is -2.07. The molecule has 0 saturated heterocycles. The molecule has 4 nitrogen and oxygen atoms in total. The zero-order valence-corrected chi connectivity index (χ0v) is 11.7. The number of benzene rings is 1. The number of hydrogen-bond donors (Lipinski definition) is 2. The predicted molar refractivity (Wildman–Crippen MR) is 78.1 cm³/mol. The first-order valence-corrected chi connectivity index (χ1v) is 6.97. The van der Waals surface area contributed by atoms with Crippen LogP contribution in [-0.4, -0.2) is 19.1 Å². The molecule has 0 bridgehead atoms. The van der Waals surface area contributed by atoms with E-state index in [2.05, 4.69) is 12.2 Å². The van der Waals surface area contributed by atoms with Gasteiger partial charge >= 0.3 is 0 Å². The molecule has 106 valence electrons. The summed E-state index contributed by atoms with van der Waals surface area (Å²) in [5, 5.41) is 2.90. The third kappa shape index (κ3) is 7.34. The van der Waals surface area contributed by atoms with Gasteiger partial charge < -0.3 is 15.8 Å². The molecule has 0 radical (unpaired) electrons. The maximum absolute atomic E-state index is 11.5. The highest BCUT2D eigenvalue weighted by atomic mass is 16.5. The Morgan fingerprint density at radius 2 is 2.16 bits per heavy atom. The van der Waals surface area contributed by atoms with Crippen molar-refractivity contribution in [3.63, 3.8) is 0 Å². The fourth-order valence-electron chi connectivity index (χ4n) is 1.73. The molecule has 0 fully saturated rings. The molecule has 0 aliphatic rings. The molecule has 0 atom stereocenters. The normalized spacial score (nSPS) is 10.2. The Labute approximate surface area is 115 Å². The number of nitrogens with two attached hydrogens (primary N) is 1. The monoisotopic (exact) mass is 264 g/mol. The van der Waals surface area contributed by atoms with E-state index < -0.39 is 0 Å². The summed E-state index contributed by atoms with van der Waals surface area (Å²) in [4.78, 5) is 11.5. The van der Waals surface area contributed by atoms with Crippen LogP contribution in [0.3, 0.4) is 0 Å². The van der Waals surface area contributed by atoms with Crippen molar-refractivity contribution in [2.45, 2.75) is 39.0 Å². The second kappa shape index (κ2) is 9.25. The van der Waals surface area contributed by atoms with Crippen molar-refractivity contribution >= 4 is 11.6 Å². The van der Waals surface area contributed by atoms with Gasteiger partial charge in [-0.15, -0.1) is 0 Å². The Morgan fingerprint density at radius 1 is 1.32 bits per heavy atom. The summed E-state index contributed by atoms with van der Waals surface area (Å²) in [7, 11) is 0. The van der Waals surface area contributed by atoms with E-state index in [9.17, 15) is 4.79 Å². The van der Waals surface area contributed by atoms with Crippen LogP contribution in [0, 0.1) is 0 Å². The van der Waals surface area contributed by atoms with Gasteiger partial charge in [0.05, 0.1) is 13.0 Å². The Bertz CT molecular complexity index is 380. The molecular weight excluding hydrogens is 240 g/mol. The number of anilines is 1. The van der Waals surface area contributed by atoms with Crippen LogP contribution < -0.4 is 15.8 Å². The van der Waals surface area contributed by atoms with Gasteiger partial charge in [-0.05, 0) is 18.6 Å². The number of nitrogens with one attached hydrogen (secondary N) is 1. The third-order valence-corrected chi connectivity index (χ3v) is 2.81. The molecule has 0 heterocycles. The van der Waals surface area contributed by atoms with Crippen molar-refractivity contribution in [2.24, 2.45) is 0 Å². The highest BCUT2D eigenvalue weighted by Crippen LogP contribution is 2.14. The smallest absolute Gasteiger partial charge is 0.223 e. The van der Waals surface area contributed by atoms with Gasteiger partial charge in [-0.2, -0.15) is 0 Å². The number of carbonyl (C=O) groups is 1. The molecule has 0 aliphatic heterocycles. The van der Waals surface area contributed by atoms with Gasteiger partial charge in [0.25, 0.3) is 0 Å². The quantitative estimate of drug-likeness (QED) is 0.532. The van der Waals surface area contributed by atoms with Gasteiger partial charge in [-0.3, -0.25) is 4.79 Å². The van der Waals surface area contributed by atoms with E-state index in [4.69, 9.17) is 10.5 Å². The van der Waals surface area contributed by atoms with Crippen molar-refractivity contribution in [1.82, 2.24) is 5.32 Å².